The third-order valence-electron chi connectivity index (χ3n) is 4.85. The number of hydrogen-bond acceptors (Lipinski definition) is 9. The maximum absolute atomic E-state index is 12.6. The van der Waals surface area contributed by atoms with E-state index in [0.717, 1.165) is 10.6 Å². The highest BCUT2D eigenvalue weighted by Gasteiger charge is 2.23. The molecule has 0 spiro atoms. The molecule has 3 aromatic heterocycles. The Morgan fingerprint density at radius 2 is 2.06 bits per heavy atom. The number of anilines is 3. The van der Waals surface area contributed by atoms with Crippen LogP contribution in [0.1, 0.15) is 34.8 Å². The van der Waals surface area contributed by atoms with Crippen molar-refractivity contribution in [3.8, 4) is 6.01 Å². The fourth-order valence-electron chi connectivity index (χ4n) is 3.37. The van der Waals surface area contributed by atoms with Crippen LogP contribution in [0.4, 0.5) is 21.4 Å². The lowest BCUT2D eigenvalue weighted by atomic mass is 10.2. The van der Waals surface area contributed by atoms with E-state index in [1.165, 1.54) is 30.8 Å². The zero-order chi connectivity index (χ0) is 24.2. The summed E-state index contributed by atoms with van der Waals surface area (Å²) in [4.78, 5) is 45.0. The first-order chi connectivity index (χ1) is 16.3. The van der Waals surface area contributed by atoms with Gasteiger partial charge in [0.15, 0.2) is 5.13 Å². The van der Waals surface area contributed by atoms with Crippen molar-refractivity contribution in [2.45, 2.75) is 32.9 Å². The summed E-state index contributed by atoms with van der Waals surface area (Å²) < 4.78 is 5.11. The van der Waals surface area contributed by atoms with Crippen LogP contribution in [0.3, 0.4) is 0 Å². The SMILES string of the molecule is COc1nc(Cl)cc(N2CCc3nc(NC(=O)Nc4cnccc4C(=O)NC(C)C)sc3C2)n1. The van der Waals surface area contributed by atoms with Crippen molar-refractivity contribution >= 4 is 51.5 Å². The van der Waals surface area contributed by atoms with E-state index in [4.69, 9.17) is 16.3 Å². The molecule has 0 aliphatic carbocycles. The number of fused-ring (bicyclic) bond motifs is 1. The molecule has 0 saturated carbocycles. The van der Waals surface area contributed by atoms with Crippen LogP contribution in [0.15, 0.2) is 24.5 Å². The van der Waals surface area contributed by atoms with Crippen molar-refractivity contribution < 1.29 is 14.3 Å². The predicted molar refractivity (Wildman–Crippen MR) is 130 cm³/mol. The third kappa shape index (κ3) is 5.51. The van der Waals surface area contributed by atoms with Gasteiger partial charge in [-0.3, -0.25) is 15.1 Å². The summed E-state index contributed by atoms with van der Waals surface area (Å²) in [7, 11) is 1.49. The Morgan fingerprint density at radius 3 is 2.82 bits per heavy atom. The predicted octanol–water partition coefficient (Wildman–Crippen LogP) is 3.34. The number of nitrogens with one attached hydrogen (secondary N) is 3. The smallest absolute Gasteiger partial charge is 0.325 e. The van der Waals surface area contributed by atoms with Gasteiger partial charge in [-0.25, -0.2) is 9.78 Å². The molecule has 0 fully saturated rings. The highest BCUT2D eigenvalue weighted by molar-refractivity contribution is 7.15. The molecule has 3 amide bonds. The van der Waals surface area contributed by atoms with Gasteiger partial charge >= 0.3 is 12.0 Å². The summed E-state index contributed by atoms with van der Waals surface area (Å²) in [6.45, 7) is 4.97. The molecular formula is C21H23ClN8O3S. The molecule has 34 heavy (non-hydrogen) atoms. The van der Waals surface area contributed by atoms with Crippen molar-refractivity contribution in [3.63, 3.8) is 0 Å². The number of nitrogens with zero attached hydrogens (tertiary/aromatic N) is 5. The summed E-state index contributed by atoms with van der Waals surface area (Å²) in [5.41, 5.74) is 1.55. The van der Waals surface area contributed by atoms with E-state index in [2.05, 4.69) is 40.8 Å². The molecule has 4 heterocycles. The second-order valence-corrected chi connectivity index (χ2v) is 9.20. The first kappa shape index (κ1) is 23.6. The number of carbonyl (C=O) groups is 2. The number of rotatable bonds is 6. The Hall–Kier alpha value is -3.51. The standard InChI is InChI=1S/C21H23ClN8O3S/c1-11(2)24-18(31)12-4-6-23-9-14(12)25-19(32)29-21-26-13-5-7-30(10-15(13)34-21)17-8-16(22)27-20(28-17)33-3/h4,6,8-9,11H,5,7,10H2,1-3H3,(H,24,31)(H2,25,26,29,32). The summed E-state index contributed by atoms with van der Waals surface area (Å²) in [5, 5.41) is 9.00. The van der Waals surface area contributed by atoms with Crippen LogP contribution in [-0.2, 0) is 13.0 Å². The average molecular weight is 503 g/mol. The van der Waals surface area contributed by atoms with Crippen LogP contribution in [-0.4, -0.2) is 51.6 Å². The van der Waals surface area contributed by atoms with Crippen LogP contribution >= 0.6 is 22.9 Å². The van der Waals surface area contributed by atoms with E-state index in [1.54, 1.807) is 12.1 Å². The summed E-state index contributed by atoms with van der Waals surface area (Å²) >= 11 is 7.46. The molecule has 3 aromatic rings. The number of pyridine rings is 1. The summed E-state index contributed by atoms with van der Waals surface area (Å²) in [5.74, 6) is 0.367. The molecule has 0 saturated heterocycles. The lowest BCUT2D eigenvalue weighted by Gasteiger charge is -2.27. The van der Waals surface area contributed by atoms with Gasteiger partial charge in [-0.05, 0) is 19.9 Å². The first-order valence-electron chi connectivity index (χ1n) is 10.5. The average Bonchev–Trinajstić information content (AvgIpc) is 3.19. The Balaban J connectivity index is 1.43. The number of urea groups is 1. The highest BCUT2D eigenvalue weighted by Crippen LogP contribution is 2.31. The highest BCUT2D eigenvalue weighted by atomic mass is 35.5. The zero-order valence-corrected chi connectivity index (χ0v) is 20.3. The number of ether oxygens (including phenoxy) is 1. The molecule has 3 N–H and O–H groups in total. The maximum atomic E-state index is 12.6. The van der Waals surface area contributed by atoms with Gasteiger partial charge in [-0.1, -0.05) is 22.9 Å². The van der Waals surface area contributed by atoms with Gasteiger partial charge < -0.3 is 20.3 Å². The molecule has 0 atom stereocenters. The van der Waals surface area contributed by atoms with E-state index in [1.807, 2.05) is 13.8 Å². The van der Waals surface area contributed by atoms with Gasteiger partial charge in [0.25, 0.3) is 5.91 Å². The number of amides is 3. The van der Waals surface area contributed by atoms with Crippen molar-refractivity contribution in [2.24, 2.45) is 0 Å². The van der Waals surface area contributed by atoms with Crippen molar-refractivity contribution in [1.82, 2.24) is 25.3 Å². The van der Waals surface area contributed by atoms with Gasteiger partial charge in [-0.15, -0.1) is 0 Å². The largest absolute Gasteiger partial charge is 0.467 e. The zero-order valence-electron chi connectivity index (χ0n) is 18.8. The Labute approximate surface area is 204 Å². The first-order valence-corrected chi connectivity index (χ1v) is 11.7. The minimum absolute atomic E-state index is 0.0389. The fourth-order valence-corrected chi connectivity index (χ4v) is 4.55. The number of halogens is 1. The Morgan fingerprint density at radius 1 is 1.24 bits per heavy atom. The molecule has 0 unspecified atom stereocenters. The third-order valence-corrected chi connectivity index (χ3v) is 6.04. The molecule has 11 nitrogen and oxygen atoms in total. The second kappa shape index (κ2) is 10.2. The van der Waals surface area contributed by atoms with Crippen molar-refractivity contribution in [1.29, 1.82) is 0 Å². The lowest BCUT2D eigenvalue weighted by Crippen LogP contribution is -2.31. The summed E-state index contributed by atoms with van der Waals surface area (Å²) in [6.07, 6.45) is 3.61. The molecule has 0 bridgehead atoms. The normalized spacial score (nSPS) is 12.8. The molecule has 13 heteroatoms. The monoisotopic (exact) mass is 502 g/mol. The van der Waals surface area contributed by atoms with Crippen LogP contribution in [0.5, 0.6) is 6.01 Å². The molecule has 1 aliphatic rings. The number of aromatic nitrogens is 4. The molecule has 0 radical (unpaired) electrons. The lowest BCUT2D eigenvalue weighted by molar-refractivity contribution is 0.0944. The fraction of sp³-hybridized carbons (Fsp3) is 0.333. The van der Waals surface area contributed by atoms with E-state index < -0.39 is 6.03 Å². The van der Waals surface area contributed by atoms with E-state index >= 15 is 0 Å². The van der Waals surface area contributed by atoms with Gasteiger partial charge in [-0.2, -0.15) is 9.97 Å². The van der Waals surface area contributed by atoms with E-state index in [-0.39, 0.29) is 18.0 Å². The van der Waals surface area contributed by atoms with E-state index in [9.17, 15) is 9.59 Å². The summed E-state index contributed by atoms with van der Waals surface area (Å²) in [6, 6.07) is 2.89. The Kier molecular flexibility index (Phi) is 7.08. The second-order valence-electron chi connectivity index (χ2n) is 7.72. The Bertz CT molecular complexity index is 1220. The number of carbonyl (C=O) groups excluding carboxylic acids is 2. The molecule has 4 rings (SSSR count). The quantitative estimate of drug-likeness (QED) is 0.437. The topological polar surface area (TPSA) is 134 Å². The molecular weight excluding hydrogens is 480 g/mol. The van der Waals surface area contributed by atoms with Crippen LogP contribution in [0, 0.1) is 0 Å². The van der Waals surface area contributed by atoms with Crippen molar-refractivity contribution in [3.05, 3.63) is 45.8 Å². The minimum atomic E-state index is -0.512. The van der Waals surface area contributed by atoms with Crippen LogP contribution < -0.4 is 25.6 Å². The van der Waals surface area contributed by atoms with Gasteiger partial charge in [0.2, 0.25) is 0 Å². The molecule has 178 valence electrons. The number of hydrogen-bond donors (Lipinski definition) is 3. The van der Waals surface area contributed by atoms with Crippen molar-refractivity contribution in [2.75, 3.05) is 29.2 Å². The number of thiazole rings is 1. The van der Waals surface area contributed by atoms with Gasteiger partial charge in [0.1, 0.15) is 11.0 Å². The van der Waals surface area contributed by atoms with E-state index in [0.29, 0.717) is 46.9 Å². The van der Waals surface area contributed by atoms with Crippen LogP contribution in [0.2, 0.25) is 5.15 Å². The van der Waals surface area contributed by atoms with Crippen LogP contribution in [0.25, 0.3) is 0 Å². The minimum Gasteiger partial charge on any atom is -0.467 e. The molecule has 1 aliphatic heterocycles. The maximum Gasteiger partial charge on any atom is 0.325 e. The van der Waals surface area contributed by atoms with Gasteiger partial charge in [0, 0.05) is 36.1 Å². The van der Waals surface area contributed by atoms with Gasteiger partial charge in [0.05, 0.1) is 36.8 Å². The molecule has 0 aromatic carbocycles. The number of methoxy groups -OCH3 is 1.